The Hall–Kier alpha value is -3.36. The summed E-state index contributed by atoms with van der Waals surface area (Å²) in [6.45, 7) is 8.74. The number of piperazine rings is 1. The van der Waals surface area contributed by atoms with Crippen molar-refractivity contribution in [3.63, 3.8) is 0 Å². The Bertz CT molecular complexity index is 1230. The Morgan fingerprint density at radius 3 is 1.89 bits per heavy atom. The molecule has 3 aromatic rings. The normalized spacial score (nSPS) is 14.0. The van der Waals surface area contributed by atoms with E-state index in [1.54, 1.807) is 31.2 Å². The number of ether oxygens (including phenoxy) is 1. The van der Waals surface area contributed by atoms with Gasteiger partial charge < -0.3 is 15.4 Å². The molecule has 1 aliphatic heterocycles. The van der Waals surface area contributed by atoms with E-state index < -0.39 is 9.84 Å². The smallest absolute Gasteiger partial charge is 0.219 e. The molecule has 3 aromatic carbocycles. The zero-order valence-corrected chi connectivity index (χ0v) is 22.7. The van der Waals surface area contributed by atoms with Crippen LogP contribution < -0.4 is 10.5 Å². The number of hydrogen-bond donors (Lipinski definition) is 1. The van der Waals surface area contributed by atoms with Gasteiger partial charge >= 0.3 is 0 Å². The zero-order chi connectivity index (χ0) is 26.8. The van der Waals surface area contributed by atoms with E-state index in [0.29, 0.717) is 17.3 Å². The number of rotatable bonds is 7. The lowest BCUT2D eigenvalue weighted by molar-refractivity contribution is -0.130. The second kappa shape index (κ2) is 13.3. The highest BCUT2D eigenvalue weighted by molar-refractivity contribution is 7.90. The monoisotopic (exact) mass is 523 g/mol. The van der Waals surface area contributed by atoms with Crippen molar-refractivity contribution in [1.82, 2.24) is 9.80 Å². The maximum atomic E-state index is 11.3. The lowest BCUT2D eigenvalue weighted by atomic mass is 10.1. The molecule has 1 aliphatic rings. The van der Waals surface area contributed by atoms with Crippen LogP contribution in [0.5, 0.6) is 5.75 Å². The number of carbonyl (C=O) groups is 1. The fourth-order valence-corrected chi connectivity index (χ4v) is 4.55. The molecule has 0 aliphatic carbocycles. The number of aryl methyl sites for hydroxylation is 1. The van der Waals surface area contributed by atoms with Crippen LogP contribution in [0.4, 0.5) is 5.69 Å². The van der Waals surface area contributed by atoms with Crippen LogP contribution in [0.1, 0.15) is 30.5 Å². The van der Waals surface area contributed by atoms with Crippen molar-refractivity contribution in [2.24, 2.45) is 0 Å². The van der Waals surface area contributed by atoms with Gasteiger partial charge in [-0.2, -0.15) is 0 Å². The molecule has 4 rings (SSSR count). The van der Waals surface area contributed by atoms with Crippen LogP contribution in [-0.4, -0.2) is 56.6 Å². The summed E-state index contributed by atoms with van der Waals surface area (Å²) in [6.07, 6.45) is 2.21. The Morgan fingerprint density at radius 1 is 0.838 bits per heavy atom. The van der Waals surface area contributed by atoms with Gasteiger partial charge in [0.15, 0.2) is 9.84 Å². The van der Waals surface area contributed by atoms with Crippen LogP contribution >= 0.6 is 0 Å². The van der Waals surface area contributed by atoms with Crippen molar-refractivity contribution in [3.8, 4) is 5.75 Å². The summed E-state index contributed by atoms with van der Waals surface area (Å²) in [4.78, 5) is 15.8. The maximum Gasteiger partial charge on any atom is 0.219 e. The molecule has 0 aromatic heterocycles. The summed E-state index contributed by atoms with van der Waals surface area (Å²) in [7, 11) is -3.15. The first-order valence-corrected chi connectivity index (χ1v) is 14.4. The van der Waals surface area contributed by atoms with Gasteiger partial charge in [-0.15, -0.1) is 0 Å². The van der Waals surface area contributed by atoms with E-state index >= 15 is 0 Å². The molecule has 0 radical (unpaired) electrons. The number of anilines is 1. The number of hydrogen-bond acceptors (Lipinski definition) is 6. The highest BCUT2D eigenvalue weighted by Crippen LogP contribution is 2.17. The average molecular weight is 524 g/mol. The van der Waals surface area contributed by atoms with Crippen LogP contribution in [0, 0.1) is 0 Å². The molecule has 7 nitrogen and oxygen atoms in total. The second-order valence-electron chi connectivity index (χ2n) is 9.23. The first kappa shape index (κ1) is 28.2. The quantitative estimate of drug-likeness (QED) is 0.468. The molecule has 0 saturated carbocycles. The largest absolute Gasteiger partial charge is 0.489 e. The predicted octanol–water partition coefficient (Wildman–Crippen LogP) is 4.16. The molecule has 1 saturated heterocycles. The Balaban J connectivity index is 0.000000208. The highest BCUT2D eigenvalue weighted by atomic mass is 32.2. The summed E-state index contributed by atoms with van der Waals surface area (Å²) < 4.78 is 28.3. The van der Waals surface area contributed by atoms with Crippen molar-refractivity contribution in [2.45, 2.75) is 38.3 Å². The molecule has 37 heavy (non-hydrogen) atoms. The number of nitrogens with two attached hydrogens (primary N) is 1. The molecule has 8 heteroatoms. The van der Waals surface area contributed by atoms with Crippen molar-refractivity contribution in [2.75, 3.05) is 38.2 Å². The Labute approximate surface area is 220 Å². The van der Waals surface area contributed by atoms with Gasteiger partial charge in [0.1, 0.15) is 12.4 Å². The average Bonchev–Trinajstić information content (AvgIpc) is 2.89. The third-order valence-electron chi connectivity index (χ3n) is 6.29. The Morgan fingerprint density at radius 2 is 1.38 bits per heavy atom. The van der Waals surface area contributed by atoms with Crippen LogP contribution in [-0.2, 0) is 34.2 Å². The van der Waals surface area contributed by atoms with Gasteiger partial charge in [0, 0.05) is 51.6 Å². The summed E-state index contributed by atoms with van der Waals surface area (Å²) in [5, 5.41) is 0. The molecule has 1 fully saturated rings. The second-order valence-corrected chi connectivity index (χ2v) is 11.2. The van der Waals surface area contributed by atoms with Crippen molar-refractivity contribution >= 4 is 21.4 Å². The van der Waals surface area contributed by atoms with E-state index in [4.69, 9.17) is 10.5 Å². The fourth-order valence-electron chi connectivity index (χ4n) is 3.92. The van der Waals surface area contributed by atoms with E-state index in [0.717, 1.165) is 50.4 Å². The molecular weight excluding hydrogens is 486 g/mol. The van der Waals surface area contributed by atoms with Crippen LogP contribution in [0.3, 0.4) is 0 Å². The molecule has 0 unspecified atom stereocenters. The number of carbonyl (C=O) groups excluding carboxylic acids is 1. The van der Waals surface area contributed by atoms with E-state index in [1.165, 1.54) is 17.4 Å². The van der Waals surface area contributed by atoms with Gasteiger partial charge in [-0.25, -0.2) is 8.42 Å². The third kappa shape index (κ3) is 9.22. The predicted molar refractivity (Wildman–Crippen MR) is 148 cm³/mol. The minimum Gasteiger partial charge on any atom is -0.489 e. The highest BCUT2D eigenvalue weighted by Gasteiger charge is 2.18. The molecule has 0 bridgehead atoms. The third-order valence-corrected chi connectivity index (χ3v) is 7.42. The SMILES string of the molecule is CC(=O)N1CCN(Cc2ccc(N)cc2)CC1.CCc1ccc(COc2ccc(S(C)(=O)=O)cc2)cc1. The summed E-state index contributed by atoms with van der Waals surface area (Å²) in [5.74, 6) is 0.842. The van der Waals surface area contributed by atoms with Crippen LogP contribution in [0.25, 0.3) is 0 Å². The maximum absolute atomic E-state index is 11.3. The number of nitrogens with zero attached hydrogens (tertiary/aromatic N) is 2. The molecular formula is C29H37N3O4S. The summed E-state index contributed by atoms with van der Waals surface area (Å²) >= 11 is 0. The minimum absolute atomic E-state index is 0.178. The van der Waals surface area contributed by atoms with Crippen LogP contribution in [0.15, 0.2) is 77.7 Å². The van der Waals surface area contributed by atoms with E-state index in [2.05, 4.69) is 36.1 Å². The van der Waals surface area contributed by atoms with E-state index in [-0.39, 0.29) is 5.91 Å². The summed E-state index contributed by atoms with van der Waals surface area (Å²) in [5.41, 5.74) is 10.1. The van der Waals surface area contributed by atoms with Gasteiger partial charge in [0.2, 0.25) is 5.91 Å². The van der Waals surface area contributed by atoms with Crippen molar-refractivity contribution in [3.05, 3.63) is 89.5 Å². The van der Waals surface area contributed by atoms with E-state index in [9.17, 15) is 13.2 Å². The van der Waals surface area contributed by atoms with Crippen molar-refractivity contribution in [1.29, 1.82) is 0 Å². The van der Waals surface area contributed by atoms with Gasteiger partial charge in [-0.1, -0.05) is 43.3 Å². The molecule has 2 N–H and O–H groups in total. The number of amides is 1. The lowest BCUT2D eigenvalue weighted by Crippen LogP contribution is -2.47. The summed E-state index contributed by atoms with van der Waals surface area (Å²) in [6, 6.07) is 22.7. The molecule has 1 heterocycles. The van der Waals surface area contributed by atoms with Gasteiger partial charge in [-0.05, 0) is 59.5 Å². The molecule has 0 atom stereocenters. The van der Waals surface area contributed by atoms with E-state index in [1.807, 2.05) is 29.2 Å². The topological polar surface area (TPSA) is 92.9 Å². The zero-order valence-electron chi connectivity index (χ0n) is 21.9. The number of sulfone groups is 1. The molecule has 0 spiro atoms. The molecule has 1 amide bonds. The number of benzene rings is 3. The van der Waals surface area contributed by atoms with Crippen LogP contribution in [0.2, 0.25) is 0 Å². The van der Waals surface area contributed by atoms with Gasteiger partial charge in [0.25, 0.3) is 0 Å². The van der Waals surface area contributed by atoms with Gasteiger partial charge in [0.05, 0.1) is 4.90 Å². The lowest BCUT2D eigenvalue weighted by Gasteiger charge is -2.34. The van der Waals surface area contributed by atoms with Gasteiger partial charge in [-0.3, -0.25) is 9.69 Å². The first-order valence-electron chi connectivity index (χ1n) is 12.5. The minimum atomic E-state index is -3.15. The fraction of sp³-hybridized carbons (Fsp3) is 0.345. The standard InChI is InChI=1S/C16H18O3S.C13H19N3O/c1-3-13-4-6-14(7-5-13)12-19-15-8-10-16(11-9-15)20(2,17)18;1-11(17)16-8-6-15(7-9-16)10-12-2-4-13(14)5-3-12/h4-11H,3,12H2,1-2H3;2-5H,6-10,14H2,1H3. The van der Waals surface area contributed by atoms with Crippen molar-refractivity contribution < 1.29 is 17.9 Å². The Kier molecular flexibility index (Phi) is 10.1. The molecule has 198 valence electrons. The first-order chi connectivity index (χ1) is 17.6. The number of nitrogen functional groups attached to an aromatic ring is 1.